The van der Waals surface area contributed by atoms with E-state index >= 15 is 0 Å². The van der Waals surface area contributed by atoms with Gasteiger partial charge in [0.2, 0.25) is 0 Å². The maximum absolute atomic E-state index is 6.20. The molecule has 168 valence electrons. The minimum Gasteiger partial charge on any atom is -0.367 e. The van der Waals surface area contributed by atoms with Crippen molar-refractivity contribution < 1.29 is 0 Å². The van der Waals surface area contributed by atoms with E-state index in [1.165, 1.54) is 22.3 Å². The number of likely N-dealkylation sites (tertiary alicyclic amines) is 1. The summed E-state index contributed by atoms with van der Waals surface area (Å²) in [5, 5.41) is 5.53. The average Bonchev–Trinajstić information content (AvgIpc) is 2.83. The molecule has 1 aromatic heterocycles. The molecule has 0 saturated carbocycles. The summed E-state index contributed by atoms with van der Waals surface area (Å²) >= 11 is 6.20. The fraction of sp³-hybridized carbons (Fsp3) is 0.286. The number of fused-ring (bicyclic) bond motifs is 1. The van der Waals surface area contributed by atoms with Crippen molar-refractivity contribution in [3.8, 4) is 0 Å². The van der Waals surface area contributed by atoms with Crippen LogP contribution in [0.25, 0.3) is 10.9 Å². The molecule has 0 aliphatic carbocycles. The molecule has 3 aromatic carbocycles. The van der Waals surface area contributed by atoms with Gasteiger partial charge < -0.3 is 10.2 Å². The van der Waals surface area contributed by atoms with Crippen LogP contribution in [0, 0.1) is 6.92 Å². The number of benzene rings is 3. The van der Waals surface area contributed by atoms with E-state index in [1.54, 1.807) is 6.33 Å². The smallest absolute Gasteiger partial charge is 0.137 e. The Morgan fingerprint density at radius 3 is 2.21 bits per heavy atom. The number of hydrogen-bond acceptors (Lipinski definition) is 4. The second-order valence-corrected chi connectivity index (χ2v) is 9.55. The number of halogens is 1. The summed E-state index contributed by atoms with van der Waals surface area (Å²) in [5.41, 5.74) is 5.90. The standard InChI is InChI=1S/C28H29ClN4/c1-19-3-5-20(6-4-19)27(21-7-10-23(29)11-8-21)22-9-12-26-25(17-22)28(31-18-30-26)32-24-13-15-33(2)16-14-24/h3-12,17-18,24,27H,13-16H2,1-2H3,(H,30,31,32). The SMILES string of the molecule is Cc1ccc(C(c2ccc(Cl)cc2)c2ccc3ncnc(NC4CCN(C)CC4)c3c2)cc1. The molecule has 1 atom stereocenters. The van der Waals surface area contributed by atoms with Crippen LogP contribution in [-0.4, -0.2) is 41.0 Å². The number of hydrogen-bond donors (Lipinski definition) is 1. The van der Waals surface area contributed by atoms with Crippen molar-refractivity contribution in [2.24, 2.45) is 0 Å². The largest absolute Gasteiger partial charge is 0.367 e. The molecule has 5 heteroatoms. The highest BCUT2D eigenvalue weighted by molar-refractivity contribution is 6.30. The highest BCUT2D eigenvalue weighted by atomic mass is 35.5. The molecule has 33 heavy (non-hydrogen) atoms. The van der Waals surface area contributed by atoms with Crippen LogP contribution in [0.2, 0.25) is 5.02 Å². The highest BCUT2D eigenvalue weighted by Crippen LogP contribution is 2.35. The van der Waals surface area contributed by atoms with Gasteiger partial charge >= 0.3 is 0 Å². The normalized spacial score (nSPS) is 16.1. The molecule has 4 nitrogen and oxygen atoms in total. The van der Waals surface area contributed by atoms with Gasteiger partial charge in [0.1, 0.15) is 12.1 Å². The molecule has 0 amide bonds. The van der Waals surface area contributed by atoms with Crippen molar-refractivity contribution in [2.45, 2.75) is 31.7 Å². The fourth-order valence-corrected chi connectivity index (χ4v) is 4.83. The zero-order chi connectivity index (χ0) is 22.8. The fourth-order valence-electron chi connectivity index (χ4n) is 4.71. The topological polar surface area (TPSA) is 41.1 Å². The van der Waals surface area contributed by atoms with Crippen LogP contribution >= 0.6 is 11.6 Å². The number of aryl methyl sites for hydroxylation is 1. The molecule has 5 rings (SSSR count). The summed E-state index contributed by atoms with van der Waals surface area (Å²) in [6, 6.07) is 24.0. The Kier molecular flexibility index (Phi) is 6.30. The van der Waals surface area contributed by atoms with Crippen molar-refractivity contribution in [3.05, 3.63) is 100 Å². The molecule has 1 unspecified atom stereocenters. The third-order valence-electron chi connectivity index (χ3n) is 6.67. The lowest BCUT2D eigenvalue weighted by molar-refractivity contribution is 0.264. The third-order valence-corrected chi connectivity index (χ3v) is 6.92. The van der Waals surface area contributed by atoms with E-state index in [9.17, 15) is 0 Å². The van der Waals surface area contributed by atoms with E-state index in [1.807, 2.05) is 12.1 Å². The zero-order valence-corrected chi connectivity index (χ0v) is 19.9. The van der Waals surface area contributed by atoms with Crippen LogP contribution in [0.1, 0.15) is 41.0 Å². The highest BCUT2D eigenvalue weighted by Gasteiger charge is 2.20. The van der Waals surface area contributed by atoms with Gasteiger partial charge in [0.05, 0.1) is 5.52 Å². The zero-order valence-electron chi connectivity index (χ0n) is 19.1. The van der Waals surface area contributed by atoms with Crippen LogP contribution in [-0.2, 0) is 0 Å². The predicted molar refractivity (Wildman–Crippen MR) is 137 cm³/mol. The lowest BCUT2D eigenvalue weighted by atomic mass is 9.84. The van der Waals surface area contributed by atoms with E-state index in [4.69, 9.17) is 11.6 Å². The molecule has 0 radical (unpaired) electrons. The summed E-state index contributed by atoms with van der Waals surface area (Å²) in [6.07, 6.45) is 3.91. The first-order valence-corrected chi connectivity index (χ1v) is 12.0. The van der Waals surface area contributed by atoms with Gasteiger partial charge in [0, 0.05) is 22.4 Å². The lowest BCUT2D eigenvalue weighted by Gasteiger charge is -2.30. The molecule has 2 heterocycles. The molecule has 1 aliphatic rings. The second kappa shape index (κ2) is 9.50. The molecule has 0 spiro atoms. The van der Waals surface area contributed by atoms with E-state index in [0.717, 1.165) is 47.7 Å². The third kappa shape index (κ3) is 4.87. The predicted octanol–water partition coefficient (Wildman–Crippen LogP) is 6.28. The van der Waals surface area contributed by atoms with Crippen LogP contribution < -0.4 is 5.32 Å². The van der Waals surface area contributed by atoms with Crippen LogP contribution in [0.4, 0.5) is 5.82 Å². The number of piperidine rings is 1. The van der Waals surface area contributed by atoms with E-state index in [0.29, 0.717) is 6.04 Å². The van der Waals surface area contributed by atoms with Gasteiger partial charge in [0.15, 0.2) is 0 Å². The van der Waals surface area contributed by atoms with Gasteiger partial charge in [-0.2, -0.15) is 0 Å². The summed E-state index contributed by atoms with van der Waals surface area (Å²) in [7, 11) is 2.19. The maximum atomic E-state index is 6.20. The molecule has 1 aliphatic heterocycles. The summed E-state index contributed by atoms with van der Waals surface area (Å²) < 4.78 is 0. The number of nitrogens with zero attached hydrogens (tertiary/aromatic N) is 3. The van der Waals surface area contributed by atoms with Crippen molar-refractivity contribution in [1.29, 1.82) is 0 Å². The first-order chi connectivity index (χ1) is 16.1. The number of rotatable bonds is 5. The van der Waals surface area contributed by atoms with Crippen molar-refractivity contribution >= 4 is 28.3 Å². The van der Waals surface area contributed by atoms with Crippen molar-refractivity contribution in [2.75, 3.05) is 25.5 Å². The first kappa shape index (κ1) is 21.9. The van der Waals surface area contributed by atoms with E-state index in [2.05, 4.69) is 88.8 Å². The van der Waals surface area contributed by atoms with Gasteiger partial charge in [-0.05, 0) is 80.9 Å². The van der Waals surface area contributed by atoms with E-state index in [-0.39, 0.29) is 5.92 Å². The summed E-state index contributed by atoms with van der Waals surface area (Å²) in [5.74, 6) is 1.03. The van der Waals surface area contributed by atoms with Crippen molar-refractivity contribution in [1.82, 2.24) is 14.9 Å². The number of nitrogens with one attached hydrogen (secondary N) is 1. The Balaban J connectivity index is 1.56. The molecular weight excluding hydrogens is 428 g/mol. The quantitative estimate of drug-likeness (QED) is 0.359. The minimum atomic E-state index is 0.101. The number of aromatic nitrogens is 2. The molecule has 1 N–H and O–H groups in total. The Bertz CT molecular complexity index is 1180. The van der Waals surface area contributed by atoms with Crippen LogP contribution in [0.15, 0.2) is 73.1 Å². The Hall–Kier alpha value is -2.95. The Labute approximate surface area is 200 Å². The number of anilines is 1. The lowest BCUT2D eigenvalue weighted by Crippen LogP contribution is -2.36. The van der Waals surface area contributed by atoms with Crippen LogP contribution in [0.5, 0.6) is 0 Å². The Morgan fingerprint density at radius 2 is 1.52 bits per heavy atom. The maximum Gasteiger partial charge on any atom is 0.137 e. The molecule has 0 bridgehead atoms. The summed E-state index contributed by atoms with van der Waals surface area (Å²) in [4.78, 5) is 11.6. The van der Waals surface area contributed by atoms with Gasteiger partial charge in [0.25, 0.3) is 0 Å². The molecular formula is C28H29ClN4. The molecule has 1 fully saturated rings. The summed E-state index contributed by atoms with van der Waals surface area (Å²) in [6.45, 7) is 4.34. The van der Waals surface area contributed by atoms with E-state index < -0.39 is 0 Å². The first-order valence-electron chi connectivity index (χ1n) is 11.6. The molecule has 4 aromatic rings. The average molecular weight is 457 g/mol. The molecule has 1 saturated heterocycles. The monoisotopic (exact) mass is 456 g/mol. The van der Waals surface area contributed by atoms with Gasteiger partial charge in [-0.1, -0.05) is 59.6 Å². The van der Waals surface area contributed by atoms with Gasteiger partial charge in [-0.3, -0.25) is 0 Å². The van der Waals surface area contributed by atoms with Gasteiger partial charge in [-0.15, -0.1) is 0 Å². The Morgan fingerprint density at radius 1 is 0.879 bits per heavy atom. The minimum absolute atomic E-state index is 0.101. The van der Waals surface area contributed by atoms with Crippen LogP contribution in [0.3, 0.4) is 0 Å². The van der Waals surface area contributed by atoms with Crippen molar-refractivity contribution in [3.63, 3.8) is 0 Å². The second-order valence-electron chi connectivity index (χ2n) is 9.12. The van der Waals surface area contributed by atoms with Gasteiger partial charge in [-0.25, -0.2) is 9.97 Å².